The van der Waals surface area contributed by atoms with E-state index in [4.69, 9.17) is 0 Å². The zero-order valence-electron chi connectivity index (χ0n) is 28.6. The van der Waals surface area contributed by atoms with E-state index >= 15 is 0 Å². The van der Waals surface area contributed by atoms with Gasteiger partial charge in [0.2, 0.25) is 0 Å². The summed E-state index contributed by atoms with van der Waals surface area (Å²) >= 11 is 0. The third-order valence-corrected chi connectivity index (χ3v) is 9.45. The number of hydrogen-bond acceptors (Lipinski definition) is 0. The summed E-state index contributed by atoms with van der Waals surface area (Å²) in [4.78, 5) is 0. The predicted molar refractivity (Wildman–Crippen MR) is 182 cm³/mol. The molecule has 0 aliphatic rings. The lowest BCUT2D eigenvalue weighted by Crippen LogP contribution is -3.00. The van der Waals surface area contributed by atoms with Gasteiger partial charge in [-0.05, 0) is 19.3 Å². The van der Waals surface area contributed by atoms with Crippen molar-refractivity contribution in [3.05, 3.63) is 35.9 Å². The molecule has 242 valence electrons. The van der Waals surface area contributed by atoms with Crippen LogP contribution in [0, 0.1) is 0 Å². The van der Waals surface area contributed by atoms with Crippen molar-refractivity contribution >= 4 is 0 Å². The van der Waals surface area contributed by atoms with Crippen LogP contribution in [-0.4, -0.2) is 25.1 Å². The number of quaternary nitrogens is 1. The van der Waals surface area contributed by atoms with Crippen LogP contribution >= 0.6 is 0 Å². The van der Waals surface area contributed by atoms with Crippen molar-refractivity contribution in [3.8, 4) is 0 Å². The fourth-order valence-corrected chi connectivity index (χ4v) is 6.64. The Kier molecular flexibility index (Phi) is 29.5. The summed E-state index contributed by atoms with van der Waals surface area (Å²) in [6.07, 6.45) is 38.8. The largest absolute Gasteiger partial charge is 1.00 e. The van der Waals surface area contributed by atoms with Gasteiger partial charge in [0.05, 0.1) is 20.6 Å². The second kappa shape index (κ2) is 29.7. The van der Waals surface area contributed by atoms with Crippen LogP contribution in [0.15, 0.2) is 30.3 Å². The van der Waals surface area contributed by atoms with Gasteiger partial charge in [0.1, 0.15) is 6.04 Å². The van der Waals surface area contributed by atoms with Gasteiger partial charge in [-0.15, -0.1) is 0 Å². The Morgan fingerprint density at radius 1 is 0.439 bits per heavy atom. The quantitative estimate of drug-likeness (QED) is 0.0582. The second-order valence-corrected chi connectivity index (χ2v) is 13.7. The molecule has 1 aromatic rings. The highest BCUT2D eigenvalue weighted by atomic mass is 79.9. The first-order valence-electron chi connectivity index (χ1n) is 18.5. The molecule has 0 aliphatic heterocycles. The molecule has 0 heterocycles. The van der Waals surface area contributed by atoms with Gasteiger partial charge in [0.15, 0.2) is 0 Å². The van der Waals surface area contributed by atoms with Crippen molar-refractivity contribution in [3.63, 3.8) is 0 Å². The minimum absolute atomic E-state index is 0. The van der Waals surface area contributed by atoms with Crippen LogP contribution < -0.4 is 17.0 Å². The number of halogens is 1. The smallest absolute Gasteiger partial charge is 0.114 e. The zero-order chi connectivity index (χ0) is 29.0. The Morgan fingerprint density at radius 2 is 0.756 bits per heavy atom. The Hall–Kier alpha value is -0.340. The molecular formula is C39H74BrN. The monoisotopic (exact) mass is 636 g/mol. The average molecular weight is 637 g/mol. The van der Waals surface area contributed by atoms with E-state index in [2.05, 4.69) is 58.3 Å². The van der Waals surface area contributed by atoms with Gasteiger partial charge in [-0.1, -0.05) is 192 Å². The topological polar surface area (TPSA) is 0 Å². The van der Waals surface area contributed by atoms with Crippen LogP contribution in [0.5, 0.6) is 0 Å². The Labute approximate surface area is 270 Å². The van der Waals surface area contributed by atoms with Crippen molar-refractivity contribution in [2.75, 3.05) is 20.6 Å². The van der Waals surface area contributed by atoms with E-state index in [0.29, 0.717) is 6.04 Å². The highest BCUT2D eigenvalue weighted by Gasteiger charge is 2.28. The van der Waals surface area contributed by atoms with Gasteiger partial charge in [-0.2, -0.15) is 0 Å². The minimum atomic E-state index is 0. The highest BCUT2D eigenvalue weighted by molar-refractivity contribution is 5.17. The molecular weight excluding hydrogens is 562 g/mol. The van der Waals surface area contributed by atoms with Gasteiger partial charge in [-0.3, -0.25) is 0 Å². The summed E-state index contributed by atoms with van der Waals surface area (Å²) in [5.41, 5.74) is 1.56. The SMILES string of the molecule is CCCCCCCCCCCCCCCC[N+](C)(C)C(CCCCCCCCCCCCCC)c1ccccc1.[Br-]. The maximum absolute atomic E-state index is 2.50. The molecule has 0 bridgehead atoms. The van der Waals surface area contributed by atoms with E-state index in [9.17, 15) is 0 Å². The minimum Gasteiger partial charge on any atom is -1.00 e. The molecule has 1 nitrogen and oxygen atoms in total. The van der Waals surface area contributed by atoms with E-state index in [1.165, 1.54) is 180 Å². The molecule has 2 heteroatoms. The number of unbranched alkanes of at least 4 members (excludes halogenated alkanes) is 24. The fraction of sp³-hybridized carbons (Fsp3) is 0.846. The van der Waals surface area contributed by atoms with Crippen LogP contribution in [-0.2, 0) is 0 Å². The molecule has 41 heavy (non-hydrogen) atoms. The second-order valence-electron chi connectivity index (χ2n) is 13.7. The first kappa shape index (κ1) is 40.7. The van der Waals surface area contributed by atoms with Crippen LogP contribution in [0.25, 0.3) is 0 Å². The molecule has 0 N–H and O–H groups in total. The highest BCUT2D eigenvalue weighted by Crippen LogP contribution is 2.31. The normalized spacial score (nSPS) is 12.4. The molecule has 0 saturated heterocycles. The Balaban J connectivity index is 0.0000160. The summed E-state index contributed by atoms with van der Waals surface area (Å²) < 4.78 is 1.15. The molecule has 0 fully saturated rings. The third-order valence-electron chi connectivity index (χ3n) is 9.45. The molecule has 0 radical (unpaired) electrons. The lowest BCUT2D eigenvalue weighted by atomic mass is 9.96. The standard InChI is InChI=1S/C39H74N.BrH/c1-5-7-9-11-13-15-17-19-20-22-24-26-28-33-37-40(3,4)39(38-34-30-29-31-35-38)36-32-27-25-23-21-18-16-14-12-10-8-6-2;/h29-31,34-35,39H,5-28,32-33,36-37H2,1-4H3;1H/q+1;/p-1. The van der Waals surface area contributed by atoms with E-state index < -0.39 is 0 Å². The number of rotatable bonds is 30. The fourth-order valence-electron chi connectivity index (χ4n) is 6.64. The van der Waals surface area contributed by atoms with Crippen molar-refractivity contribution in [2.24, 2.45) is 0 Å². The van der Waals surface area contributed by atoms with Crippen LogP contribution in [0.2, 0.25) is 0 Å². The van der Waals surface area contributed by atoms with E-state index in [1.807, 2.05) is 0 Å². The summed E-state index contributed by atoms with van der Waals surface area (Å²) in [5, 5.41) is 0. The van der Waals surface area contributed by atoms with E-state index in [0.717, 1.165) is 4.48 Å². The molecule has 1 aromatic carbocycles. The molecule has 1 atom stereocenters. The summed E-state index contributed by atoms with van der Waals surface area (Å²) in [5.74, 6) is 0. The van der Waals surface area contributed by atoms with E-state index in [1.54, 1.807) is 5.56 Å². The molecule has 0 aliphatic carbocycles. The lowest BCUT2D eigenvalue weighted by molar-refractivity contribution is -0.921. The summed E-state index contributed by atoms with van der Waals surface area (Å²) in [6, 6.07) is 12.1. The number of benzene rings is 1. The van der Waals surface area contributed by atoms with Crippen molar-refractivity contribution in [1.82, 2.24) is 0 Å². The molecule has 1 rings (SSSR count). The third kappa shape index (κ3) is 23.8. The number of nitrogens with zero attached hydrogens (tertiary/aromatic N) is 1. The van der Waals surface area contributed by atoms with Crippen molar-refractivity contribution in [2.45, 2.75) is 193 Å². The van der Waals surface area contributed by atoms with Crippen LogP contribution in [0.3, 0.4) is 0 Å². The van der Waals surface area contributed by atoms with E-state index in [-0.39, 0.29) is 17.0 Å². The number of hydrogen-bond donors (Lipinski definition) is 0. The summed E-state index contributed by atoms with van der Waals surface area (Å²) in [7, 11) is 5.00. The van der Waals surface area contributed by atoms with Gasteiger partial charge in [0.25, 0.3) is 0 Å². The predicted octanol–water partition coefficient (Wildman–Crippen LogP) is 10.4. The first-order valence-corrected chi connectivity index (χ1v) is 18.5. The zero-order valence-corrected chi connectivity index (χ0v) is 30.2. The Morgan fingerprint density at radius 3 is 1.12 bits per heavy atom. The molecule has 0 saturated carbocycles. The lowest BCUT2D eigenvalue weighted by Gasteiger charge is -2.39. The molecule has 0 amide bonds. The first-order chi connectivity index (χ1) is 19.6. The molecule has 0 aromatic heterocycles. The Bertz CT molecular complexity index is 628. The van der Waals surface area contributed by atoms with Crippen molar-refractivity contribution in [1.29, 1.82) is 0 Å². The van der Waals surface area contributed by atoms with Crippen molar-refractivity contribution < 1.29 is 21.5 Å². The maximum atomic E-state index is 2.50. The average Bonchev–Trinajstić information content (AvgIpc) is 2.96. The maximum Gasteiger partial charge on any atom is 0.114 e. The molecule has 0 spiro atoms. The van der Waals surface area contributed by atoms with Gasteiger partial charge < -0.3 is 21.5 Å². The molecule has 1 unspecified atom stereocenters. The van der Waals surface area contributed by atoms with Gasteiger partial charge >= 0.3 is 0 Å². The van der Waals surface area contributed by atoms with Crippen LogP contribution in [0.1, 0.15) is 199 Å². The van der Waals surface area contributed by atoms with Crippen LogP contribution in [0.4, 0.5) is 0 Å². The summed E-state index contributed by atoms with van der Waals surface area (Å²) in [6.45, 7) is 5.93. The van der Waals surface area contributed by atoms with Gasteiger partial charge in [-0.25, -0.2) is 0 Å². The van der Waals surface area contributed by atoms with Gasteiger partial charge in [0, 0.05) is 12.0 Å².